The van der Waals surface area contributed by atoms with E-state index in [1.54, 1.807) is 55.6 Å². The van der Waals surface area contributed by atoms with Crippen molar-refractivity contribution in [2.45, 2.75) is 6.42 Å². The topological polar surface area (TPSA) is 75.7 Å². The first-order valence-corrected chi connectivity index (χ1v) is 9.68. The number of amides is 3. The lowest BCUT2D eigenvalue weighted by Gasteiger charge is -2.18. The van der Waals surface area contributed by atoms with Crippen molar-refractivity contribution in [1.82, 2.24) is 0 Å². The Bertz CT molecular complexity index is 1010. The summed E-state index contributed by atoms with van der Waals surface area (Å²) in [5.74, 6) is -0.0956. The van der Waals surface area contributed by atoms with Gasteiger partial charge in [-0.25, -0.2) is 4.90 Å². The van der Waals surface area contributed by atoms with Crippen LogP contribution in [-0.4, -0.2) is 24.8 Å². The van der Waals surface area contributed by atoms with E-state index in [1.165, 1.54) is 4.90 Å². The number of fused-ring (bicyclic) bond motifs is 5. The van der Waals surface area contributed by atoms with Gasteiger partial charge in [-0.1, -0.05) is 18.2 Å². The van der Waals surface area contributed by atoms with Crippen LogP contribution in [0.4, 0.5) is 11.4 Å². The third-order valence-corrected chi connectivity index (χ3v) is 6.18. The normalized spacial score (nSPS) is 26.7. The molecule has 2 fully saturated rings. The molecule has 4 atom stereocenters. The van der Waals surface area contributed by atoms with Crippen molar-refractivity contribution in [2.75, 3.05) is 17.3 Å². The summed E-state index contributed by atoms with van der Waals surface area (Å²) in [5, 5.41) is 2.82. The third kappa shape index (κ3) is 2.75. The van der Waals surface area contributed by atoms with Crippen LogP contribution < -0.4 is 15.0 Å². The summed E-state index contributed by atoms with van der Waals surface area (Å²) in [7, 11) is 1.58. The molecule has 3 aliphatic rings. The Balaban J connectivity index is 1.38. The largest absolute Gasteiger partial charge is 0.497 e. The number of carbonyl (C=O) groups is 3. The first-order valence-electron chi connectivity index (χ1n) is 9.68. The number of ether oxygens (including phenoxy) is 1. The summed E-state index contributed by atoms with van der Waals surface area (Å²) in [5.41, 5.74) is 1.47. The zero-order valence-electron chi connectivity index (χ0n) is 15.9. The Morgan fingerprint density at radius 3 is 2.28 bits per heavy atom. The van der Waals surface area contributed by atoms with Gasteiger partial charge in [0, 0.05) is 11.3 Å². The van der Waals surface area contributed by atoms with Gasteiger partial charge in [0.1, 0.15) is 5.75 Å². The summed E-state index contributed by atoms with van der Waals surface area (Å²) in [6, 6.07) is 13.7. The summed E-state index contributed by atoms with van der Waals surface area (Å²) < 4.78 is 5.12. The fourth-order valence-corrected chi connectivity index (χ4v) is 4.82. The second-order valence-electron chi connectivity index (χ2n) is 7.74. The molecular formula is C23H20N2O4. The van der Waals surface area contributed by atoms with E-state index >= 15 is 0 Å². The third-order valence-electron chi connectivity index (χ3n) is 6.18. The van der Waals surface area contributed by atoms with Crippen molar-refractivity contribution in [2.24, 2.45) is 23.7 Å². The number of carbonyl (C=O) groups excluding carboxylic acids is 3. The lowest BCUT2D eigenvalue weighted by Crippen LogP contribution is -2.33. The van der Waals surface area contributed by atoms with Crippen LogP contribution in [0.15, 0.2) is 60.7 Å². The maximum atomic E-state index is 13.0. The van der Waals surface area contributed by atoms with E-state index in [4.69, 9.17) is 4.74 Å². The fraction of sp³-hybridized carbons (Fsp3) is 0.261. The summed E-state index contributed by atoms with van der Waals surface area (Å²) in [4.78, 5) is 39.9. The summed E-state index contributed by atoms with van der Waals surface area (Å²) in [6.07, 6.45) is 5.03. The van der Waals surface area contributed by atoms with Gasteiger partial charge in [-0.3, -0.25) is 14.4 Å². The van der Waals surface area contributed by atoms with Crippen LogP contribution in [0.2, 0.25) is 0 Å². The molecule has 146 valence electrons. The van der Waals surface area contributed by atoms with Gasteiger partial charge in [-0.2, -0.15) is 0 Å². The molecule has 1 aliphatic heterocycles. The number of hydrogen-bond acceptors (Lipinski definition) is 4. The van der Waals surface area contributed by atoms with Crippen LogP contribution in [0.25, 0.3) is 0 Å². The minimum atomic E-state index is -0.307. The number of nitrogens with one attached hydrogen (secondary N) is 1. The fourth-order valence-electron chi connectivity index (χ4n) is 4.82. The molecule has 1 saturated heterocycles. The van der Waals surface area contributed by atoms with Gasteiger partial charge in [0.25, 0.3) is 5.91 Å². The standard InChI is InChI=1S/C23H20N2O4/c1-29-18-9-7-16(8-10-18)24-21(26)15-3-2-4-17(12-15)25-22(27)19-13-5-6-14(11-13)20(19)23(25)28/h2-10,12-14,19-20H,11H2,1H3,(H,24,26)/t13-,14+,19-,20-/m0/s1. The van der Waals surface area contributed by atoms with Gasteiger partial charge >= 0.3 is 0 Å². The lowest BCUT2D eigenvalue weighted by atomic mass is 9.85. The van der Waals surface area contributed by atoms with E-state index in [2.05, 4.69) is 17.5 Å². The maximum Gasteiger partial charge on any atom is 0.255 e. The van der Waals surface area contributed by atoms with Gasteiger partial charge in [-0.15, -0.1) is 0 Å². The first kappa shape index (κ1) is 17.7. The molecule has 6 heteroatoms. The second-order valence-corrected chi connectivity index (χ2v) is 7.74. The van der Waals surface area contributed by atoms with E-state index in [1.807, 2.05) is 0 Å². The lowest BCUT2D eigenvalue weighted by molar-refractivity contribution is -0.123. The highest BCUT2D eigenvalue weighted by Gasteiger charge is 2.59. The van der Waals surface area contributed by atoms with Gasteiger partial charge in [0.05, 0.1) is 24.6 Å². The highest BCUT2D eigenvalue weighted by molar-refractivity contribution is 6.23. The smallest absolute Gasteiger partial charge is 0.255 e. The number of benzene rings is 2. The summed E-state index contributed by atoms with van der Waals surface area (Å²) in [6.45, 7) is 0. The Morgan fingerprint density at radius 1 is 1.00 bits per heavy atom. The molecule has 29 heavy (non-hydrogen) atoms. The second kappa shape index (κ2) is 6.58. The number of methoxy groups -OCH3 is 1. The van der Waals surface area contributed by atoms with Gasteiger partial charge in [0.15, 0.2) is 0 Å². The van der Waals surface area contributed by atoms with Gasteiger partial charge in [-0.05, 0) is 60.7 Å². The van der Waals surface area contributed by atoms with Crippen molar-refractivity contribution in [1.29, 1.82) is 0 Å². The molecule has 1 N–H and O–H groups in total. The first-order chi connectivity index (χ1) is 14.1. The van der Waals surface area contributed by atoms with Crippen molar-refractivity contribution >= 4 is 29.1 Å². The van der Waals surface area contributed by atoms with Crippen LogP contribution in [0, 0.1) is 23.7 Å². The number of rotatable bonds is 4. The predicted molar refractivity (Wildman–Crippen MR) is 108 cm³/mol. The molecule has 0 aromatic heterocycles. The van der Waals surface area contributed by atoms with Crippen LogP contribution in [0.1, 0.15) is 16.8 Å². The Hall–Kier alpha value is -3.41. The Kier molecular flexibility index (Phi) is 4.01. The number of imide groups is 1. The molecule has 2 aromatic carbocycles. The molecular weight excluding hydrogens is 368 g/mol. The van der Waals surface area contributed by atoms with Crippen LogP contribution in [0.3, 0.4) is 0 Å². The van der Waals surface area contributed by atoms with Crippen molar-refractivity contribution in [3.63, 3.8) is 0 Å². The molecule has 2 bridgehead atoms. The minimum Gasteiger partial charge on any atom is -0.497 e. The van der Waals surface area contributed by atoms with E-state index in [0.717, 1.165) is 6.42 Å². The van der Waals surface area contributed by atoms with Gasteiger partial charge < -0.3 is 10.1 Å². The Labute approximate surface area is 168 Å². The molecule has 1 heterocycles. The highest BCUT2D eigenvalue weighted by atomic mass is 16.5. The number of hydrogen-bond donors (Lipinski definition) is 1. The SMILES string of the molecule is COc1ccc(NC(=O)c2cccc(N3C(=O)[C@@H]4[C@@H](C3=O)[C@H]3C=C[C@@H]4C3)c2)cc1. The molecule has 0 spiro atoms. The van der Waals surface area contributed by atoms with Crippen LogP contribution in [0.5, 0.6) is 5.75 Å². The summed E-state index contributed by atoms with van der Waals surface area (Å²) >= 11 is 0. The van der Waals surface area contributed by atoms with E-state index < -0.39 is 0 Å². The van der Waals surface area contributed by atoms with Crippen molar-refractivity contribution in [3.05, 3.63) is 66.2 Å². The molecule has 2 aliphatic carbocycles. The molecule has 1 saturated carbocycles. The number of nitrogens with zero attached hydrogens (tertiary/aromatic N) is 1. The molecule has 2 aromatic rings. The van der Waals surface area contributed by atoms with Crippen LogP contribution >= 0.6 is 0 Å². The van der Waals surface area contributed by atoms with E-state index in [0.29, 0.717) is 22.7 Å². The average Bonchev–Trinajstić information content (AvgIpc) is 3.42. The molecule has 3 amide bonds. The quantitative estimate of drug-likeness (QED) is 0.644. The highest BCUT2D eigenvalue weighted by Crippen LogP contribution is 2.53. The maximum absolute atomic E-state index is 13.0. The molecule has 5 rings (SSSR count). The predicted octanol–water partition coefficient (Wildman–Crippen LogP) is 3.26. The van der Waals surface area contributed by atoms with Crippen LogP contribution in [-0.2, 0) is 9.59 Å². The zero-order valence-corrected chi connectivity index (χ0v) is 15.9. The Morgan fingerprint density at radius 2 is 1.66 bits per heavy atom. The minimum absolute atomic E-state index is 0.149. The zero-order chi connectivity index (χ0) is 20.1. The number of allylic oxidation sites excluding steroid dienone is 2. The molecule has 6 nitrogen and oxygen atoms in total. The van der Waals surface area contributed by atoms with Crippen molar-refractivity contribution < 1.29 is 19.1 Å². The van der Waals surface area contributed by atoms with E-state index in [-0.39, 0.29) is 41.4 Å². The molecule has 0 unspecified atom stereocenters. The average molecular weight is 388 g/mol. The van der Waals surface area contributed by atoms with E-state index in [9.17, 15) is 14.4 Å². The monoisotopic (exact) mass is 388 g/mol. The van der Waals surface area contributed by atoms with Crippen molar-refractivity contribution in [3.8, 4) is 5.75 Å². The van der Waals surface area contributed by atoms with Gasteiger partial charge in [0.2, 0.25) is 11.8 Å². The molecule has 0 radical (unpaired) electrons. The number of anilines is 2.